The van der Waals surface area contributed by atoms with Crippen molar-refractivity contribution in [3.8, 4) is 0 Å². The average molecular weight is 408 g/mol. The Morgan fingerprint density at radius 3 is 2.74 bits per heavy atom. The minimum atomic E-state index is -1.19. The Kier molecular flexibility index (Phi) is 5.88. The highest BCUT2D eigenvalue weighted by Gasteiger charge is 2.54. The highest BCUT2D eigenvalue weighted by atomic mass is 35.5. The number of rotatable bonds is 6. The zero-order chi connectivity index (χ0) is 19.6. The van der Waals surface area contributed by atoms with Crippen molar-refractivity contribution >= 4 is 41.1 Å². The molecule has 4 N–H and O–H groups in total. The number of carboxylic acid groups (broad SMARTS) is 1. The zero-order valence-corrected chi connectivity index (χ0v) is 15.7. The van der Waals surface area contributed by atoms with E-state index in [1.807, 2.05) is 6.07 Å². The molecule has 0 saturated carbocycles. The molecule has 9 heteroatoms. The van der Waals surface area contributed by atoms with Gasteiger partial charge in [-0.15, -0.1) is 23.4 Å². The van der Waals surface area contributed by atoms with Gasteiger partial charge in [-0.25, -0.2) is 4.79 Å². The number of carbonyl (C=O) groups is 3. The number of β-lactam (4-membered cyclic amide) rings is 1. The number of allylic oxidation sites excluding steroid dienone is 2. The molecule has 1 aromatic carbocycles. The van der Waals surface area contributed by atoms with Crippen LogP contribution < -0.4 is 11.1 Å². The highest BCUT2D eigenvalue weighted by molar-refractivity contribution is 8.00. The number of hydrogen-bond acceptors (Lipinski definition) is 5. The molecule has 1 saturated heterocycles. The number of alkyl halides is 1. The molecule has 3 atom stereocenters. The molecule has 3 rings (SSSR count). The van der Waals surface area contributed by atoms with Gasteiger partial charge in [0.2, 0.25) is 5.91 Å². The molecule has 1 aromatic rings. The molecule has 142 valence electrons. The van der Waals surface area contributed by atoms with Crippen LogP contribution in [0.1, 0.15) is 11.6 Å². The van der Waals surface area contributed by atoms with Gasteiger partial charge >= 0.3 is 5.97 Å². The first-order valence-electron chi connectivity index (χ1n) is 8.20. The van der Waals surface area contributed by atoms with E-state index in [1.165, 1.54) is 16.7 Å². The van der Waals surface area contributed by atoms with Crippen LogP contribution >= 0.6 is 23.4 Å². The molecule has 0 bridgehead atoms. The Balaban J connectivity index is 1.74. The van der Waals surface area contributed by atoms with E-state index in [-0.39, 0.29) is 11.6 Å². The maximum absolute atomic E-state index is 12.5. The molecular weight excluding hydrogens is 390 g/mol. The van der Waals surface area contributed by atoms with Gasteiger partial charge in [0.05, 0.1) is 0 Å². The van der Waals surface area contributed by atoms with E-state index in [1.54, 1.807) is 36.4 Å². The first-order valence-corrected chi connectivity index (χ1v) is 9.78. The number of nitrogens with two attached hydrogens (primary N) is 1. The number of hydrogen-bond donors (Lipinski definition) is 3. The second-order valence-electron chi connectivity index (χ2n) is 6.02. The molecule has 0 radical (unpaired) electrons. The zero-order valence-electron chi connectivity index (χ0n) is 14.2. The molecule has 1 fully saturated rings. The molecule has 0 aliphatic carbocycles. The van der Waals surface area contributed by atoms with E-state index in [4.69, 9.17) is 17.3 Å². The number of fused-ring (bicyclic) bond motifs is 1. The summed E-state index contributed by atoms with van der Waals surface area (Å²) in [4.78, 5) is 37.8. The molecule has 1 unspecified atom stereocenters. The number of benzene rings is 1. The summed E-state index contributed by atoms with van der Waals surface area (Å²) in [5, 5.41) is 11.7. The van der Waals surface area contributed by atoms with Gasteiger partial charge in [0.1, 0.15) is 23.2 Å². The third-order valence-electron chi connectivity index (χ3n) is 4.35. The summed E-state index contributed by atoms with van der Waals surface area (Å²) in [7, 11) is 0. The minimum Gasteiger partial charge on any atom is -0.477 e. The van der Waals surface area contributed by atoms with Gasteiger partial charge in [-0.05, 0) is 11.1 Å². The third-order valence-corrected chi connectivity index (χ3v) is 5.83. The summed E-state index contributed by atoms with van der Waals surface area (Å²) in [5.41, 5.74) is 7.05. The van der Waals surface area contributed by atoms with Crippen LogP contribution in [0.15, 0.2) is 53.8 Å². The van der Waals surface area contributed by atoms with Gasteiger partial charge in [0.15, 0.2) is 0 Å². The fourth-order valence-electron chi connectivity index (χ4n) is 3.01. The van der Waals surface area contributed by atoms with Crippen molar-refractivity contribution in [2.24, 2.45) is 5.73 Å². The largest absolute Gasteiger partial charge is 0.477 e. The predicted molar refractivity (Wildman–Crippen MR) is 103 cm³/mol. The molecule has 2 amide bonds. The number of nitrogens with zero attached hydrogens (tertiary/aromatic N) is 1. The van der Waals surface area contributed by atoms with Gasteiger partial charge in [0.25, 0.3) is 5.91 Å². The lowest BCUT2D eigenvalue weighted by Crippen LogP contribution is -2.71. The summed E-state index contributed by atoms with van der Waals surface area (Å²) in [5.74, 6) is -1.48. The van der Waals surface area contributed by atoms with Crippen LogP contribution in [0.3, 0.4) is 0 Å². The average Bonchev–Trinajstić information content (AvgIpc) is 2.69. The predicted octanol–water partition coefficient (Wildman–Crippen LogP) is 1.22. The number of thioether (sulfide) groups is 1. The van der Waals surface area contributed by atoms with Gasteiger partial charge in [-0.2, -0.15) is 0 Å². The third kappa shape index (κ3) is 3.73. The molecule has 7 nitrogen and oxygen atoms in total. The minimum absolute atomic E-state index is 0.0667. The van der Waals surface area contributed by atoms with Crippen LogP contribution in [0, 0.1) is 0 Å². The van der Waals surface area contributed by atoms with E-state index >= 15 is 0 Å². The molecule has 2 heterocycles. The standard InChI is InChI=1S/C18H18ClN3O4S/c19-8-4-7-11-9-27-17-13(16(24)22(17)14(11)18(25)26)21-15(23)12(20)10-5-2-1-3-6-10/h1-7,12-13,17H,8-9,20H2,(H,21,23)(H,25,26)/b7-4-/t12?,13-,17+/m1/s1. The monoisotopic (exact) mass is 407 g/mol. The van der Waals surface area contributed by atoms with E-state index in [9.17, 15) is 19.5 Å². The van der Waals surface area contributed by atoms with Gasteiger partial charge in [-0.1, -0.05) is 42.5 Å². The fraction of sp³-hybridized carbons (Fsp3) is 0.278. The number of amides is 2. The normalized spacial score (nSPS) is 23.0. The number of aliphatic carboxylic acids is 1. The lowest BCUT2D eigenvalue weighted by molar-refractivity contribution is -0.150. The fourth-order valence-corrected chi connectivity index (χ4v) is 4.42. The van der Waals surface area contributed by atoms with Crippen molar-refractivity contribution < 1.29 is 19.5 Å². The maximum Gasteiger partial charge on any atom is 0.352 e. The molecule has 27 heavy (non-hydrogen) atoms. The quantitative estimate of drug-likeness (QED) is 0.482. The Labute approximate surface area is 165 Å². The number of carbonyl (C=O) groups excluding carboxylic acids is 2. The Morgan fingerprint density at radius 2 is 2.11 bits per heavy atom. The van der Waals surface area contributed by atoms with Gasteiger partial charge in [0, 0.05) is 11.6 Å². The van der Waals surface area contributed by atoms with Crippen LogP contribution in [-0.4, -0.2) is 50.8 Å². The lowest BCUT2D eigenvalue weighted by Gasteiger charge is -2.49. The van der Waals surface area contributed by atoms with E-state index in [0.29, 0.717) is 16.9 Å². The van der Waals surface area contributed by atoms with E-state index in [2.05, 4.69) is 5.32 Å². The van der Waals surface area contributed by atoms with Crippen LogP contribution in [0.5, 0.6) is 0 Å². The first kappa shape index (κ1) is 19.5. The topological polar surface area (TPSA) is 113 Å². The molecule has 2 aliphatic rings. The van der Waals surface area contributed by atoms with Gasteiger partial charge < -0.3 is 16.2 Å². The van der Waals surface area contributed by atoms with Crippen molar-refractivity contribution in [3.05, 3.63) is 59.3 Å². The Hall–Kier alpha value is -2.29. The summed E-state index contributed by atoms with van der Waals surface area (Å²) in [6.07, 6.45) is 3.24. The van der Waals surface area contributed by atoms with Crippen LogP contribution in [0.2, 0.25) is 0 Å². The van der Waals surface area contributed by atoms with Crippen molar-refractivity contribution in [1.82, 2.24) is 10.2 Å². The summed E-state index contributed by atoms with van der Waals surface area (Å²) in [6.45, 7) is 0. The van der Waals surface area contributed by atoms with Crippen molar-refractivity contribution in [3.63, 3.8) is 0 Å². The lowest BCUT2D eigenvalue weighted by atomic mass is 10.0. The van der Waals surface area contributed by atoms with Crippen LogP contribution in [0.25, 0.3) is 0 Å². The second kappa shape index (κ2) is 8.16. The van der Waals surface area contributed by atoms with Crippen molar-refractivity contribution in [2.75, 3.05) is 11.6 Å². The molecule has 0 aromatic heterocycles. The summed E-state index contributed by atoms with van der Waals surface area (Å²) < 4.78 is 0. The molecule has 2 aliphatic heterocycles. The number of halogens is 1. The second-order valence-corrected chi connectivity index (χ2v) is 7.43. The highest BCUT2D eigenvalue weighted by Crippen LogP contribution is 2.40. The van der Waals surface area contributed by atoms with Gasteiger partial charge in [-0.3, -0.25) is 14.5 Å². The van der Waals surface area contributed by atoms with Crippen LogP contribution in [0.4, 0.5) is 0 Å². The molecular formula is C18H18ClN3O4S. The van der Waals surface area contributed by atoms with E-state index < -0.39 is 35.2 Å². The molecule has 0 spiro atoms. The van der Waals surface area contributed by atoms with Crippen LogP contribution in [-0.2, 0) is 14.4 Å². The van der Waals surface area contributed by atoms with E-state index in [0.717, 1.165) is 0 Å². The number of nitrogens with one attached hydrogen (secondary N) is 1. The Morgan fingerprint density at radius 1 is 1.41 bits per heavy atom. The van der Waals surface area contributed by atoms with Crippen molar-refractivity contribution in [1.29, 1.82) is 0 Å². The summed E-state index contributed by atoms with van der Waals surface area (Å²) >= 11 is 7.00. The van der Waals surface area contributed by atoms with Crippen molar-refractivity contribution in [2.45, 2.75) is 17.5 Å². The number of carboxylic acids is 1. The first-order chi connectivity index (χ1) is 13.0. The SMILES string of the molecule is NC(C(=O)N[C@@H]1C(=O)N2C(C(=O)O)=C(/C=C\CCl)CS[C@@H]12)c1ccccc1. The summed E-state index contributed by atoms with van der Waals surface area (Å²) in [6, 6.07) is 7.12. The maximum atomic E-state index is 12.5. The Bertz CT molecular complexity index is 827. The smallest absolute Gasteiger partial charge is 0.352 e.